The molecule has 0 spiro atoms. The van der Waals surface area contributed by atoms with Gasteiger partial charge >= 0.3 is 0 Å². The lowest BCUT2D eigenvalue weighted by Crippen LogP contribution is -2.45. The largest absolute Gasteiger partial charge is 0.393 e. The molecule has 0 radical (unpaired) electrons. The minimum Gasteiger partial charge on any atom is -0.393 e. The standard InChI is InChI=1S/C14H25N3O2/c1-10(2)17-7-5-4-6-12(17)9-14-15-13(16-19-14)8-11(3)18/h10-12,18H,4-9H2,1-3H3. The minimum atomic E-state index is -0.424. The molecule has 1 aliphatic heterocycles. The van der Waals surface area contributed by atoms with E-state index in [2.05, 4.69) is 28.9 Å². The average molecular weight is 267 g/mol. The molecule has 1 saturated heterocycles. The molecule has 108 valence electrons. The van der Waals surface area contributed by atoms with E-state index >= 15 is 0 Å². The van der Waals surface area contributed by atoms with Crippen LogP contribution < -0.4 is 0 Å². The Labute approximate surface area is 115 Å². The van der Waals surface area contributed by atoms with E-state index in [-0.39, 0.29) is 0 Å². The SMILES string of the molecule is CC(O)Cc1noc(CC2CCCCN2C(C)C)n1. The van der Waals surface area contributed by atoms with Gasteiger partial charge in [-0.1, -0.05) is 11.6 Å². The summed E-state index contributed by atoms with van der Waals surface area (Å²) >= 11 is 0. The lowest BCUT2D eigenvalue weighted by molar-refractivity contribution is 0.105. The molecule has 0 aromatic carbocycles. The number of likely N-dealkylation sites (tertiary alicyclic amines) is 1. The maximum absolute atomic E-state index is 9.32. The van der Waals surface area contributed by atoms with Crippen LogP contribution in [0.25, 0.3) is 0 Å². The summed E-state index contributed by atoms with van der Waals surface area (Å²) in [5.41, 5.74) is 0. The fraction of sp³-hybridized carbons (Fsp3) is 0.857. The summed E-state index contributed by atoms with van der Waals surface area (Å²) in [5, 5.41) is 13.2. The fourth-order valence-corrected chi connectivity index (χ4v) is 2.84. The molecule has 2 rings (SSSR count). The van der Waals surface area contributed by atoms with Crippen LogP contribution in [0, 0.1) is 0 Å². The molecule has 2 unspecified atom stereocenters. The summed E-state index contributed by atoms with van der Waals surface area (Å²) in [6.07, 6.45) is 4.63. The predicted molar refractivity (Wildman–Crippen MR) is 72.9 cm³/mol. The third kappa shape index (κ3) is 4.01. The second-order valence-corrected chi connectivity index (χ2v) is 5.84. The molecule has 1 aromatic rings. The molecule has 0 bridgehead atoms. The van der Waals surface area contributed by atoms with Crippen molar-refractivity contribution in [2.24, 2.45) is 0 Å². The van der Waals surface area contributed by atoms with E-state index in [0.29, 0.717) is 30.2 Å². The number of aliphatic hydroxyl groups is 1. The van der Waals surface area contributed by atoms with Crippen LogP contribution in [0.15, 0.2) is 4.52 Å². The first-order valence-electron chi connectivity index (χ1n) is 7.31. The zero-order chi connectivity index (χ0) is 13.8. The Bertz CT molecular complexity index is 390. The van der Waals surface area contributed by atoms with Gasteiger partial charge in [0.05, 0.1) is 6.10 Å². The van der Waals surface area contributed by atoms with Gasteiger partial charge in [-0.2, -0.15) is 4.98 Å². The molecule has 1 fully saturated rings. The monoisotopic (exact) mass is 267 g/mol. The average Bonchev–Trinajstić information content (AvgIpc) is 2.76. The van der Waals surface area contributed by atoms with Gasteiger partial charge in [-0.15, -0.1) is 0 Å². The maximum atomic E-state index is 9.32. The molecule has 5 nitrogen and oxygen atoms in total. The van der Waals surface area contributed by atoms with Gasteiger partial charge < -0.3 is 9.63 Å². The van der Waals surface area contributed by atoms with Crippen molar-refractivity contribution in [3.63, 3.8) is 0 Å². The van der Waals surface area contributed by atoms with Gasteiger partial charge in [-0.05, 0) is 40.2 Å². The Balaban J connectivity index is 1.96. The highest BCUT2D eigenvalue weighted by molar-refractivity contribution is 4.93. The Morgan fingerprint density at radius 2 is 2.16 bits per heavy atom. The van der Waals surface area contributed by atoms with E-state index in [1.165, 1.54) is 19.3 Å². The van der Waals surface area contributed by atoms with Crippen LogP contribution in [0.3, 0.4) is 0 Å². The highest BCUT2D eigenvalue weighted by Gasteiger charge is 2.26. The summed E-state index contributed by atoms with van der Waals surface area (Å²) in [4.78, 5) is 6.90. The van der Waals surface area contributed by atoms with Crippen LogP contribution in [0.2, 0.25) is 0 Å². The molecule has 5 heteroatoms. The minimum absolute atomic E-state index is 0.424. The van der Waals surface area contributed by atoms with E-state index in [1.54, 1.807) is 6.92 Å². The molecule has 2 atom stereocenters. The second-order valence-electron chi connectivity index (χ2n) is 5.84. The zero-order valence-electron chi connectivity index (χ0n) is 12.2. The number of nitrogens with zero attached hydrogens (tertiary/aromatic N) is 3. The maximum Gasteiger partial charge on any atom is 0.228 e. The van der Waals surface area contributed by atoms with Gasteiger partial charge in [-0.25, -0.2) is 0 Å². The quantitative estimate of drug-likeness (QED) is 0.881. The highest BCUT2D eigenvalue weighted by Crippen LogP contribution is 2.22. The van der Waals surface area contributed by atoms with Gasteiger partial charge in [0.1, 0.15) is 0 Å². The van der Waals surface area contributed by atoms with Crippen molar-refractivity contribution in [2.75, 3.05) is 6.54 Å². The van der Waals surface area contributed by atoms with Crippen molar-refractivity contribution >= 4 is 0 Å². The normalized spacial score (nSPS) is 22.9. The highest BCUT2D eigenvalue weighted by atomic mass is 16.5. The summed E-state index contributed by atoms with van der Waals surface area (Å²) in [7, 11) is 0. The number of hydrogen-bond donors (Lipinski definition) is 1. The topological polar surface area (TPSA) is 62.4 Å². The number of piperidine rings is 1. The van der Waals surface area contributed by atoms with Crippen LogP contribution in [0.4, 0.5) is 0 Å². The summed E-state index contributed by atoms with van der Waals surface area (Å²) in [6, 6.07) is 1.07. The van der Waals surface area contributed by atoms with Crippen molar-refractivity contribution in [3.05, 3.63) is 11.7 Å². The molecule has 2 heterocycles. The molecule has 1 aliphatic rings. The molecular formula is C14H25N3O2. The van der Waals surface area contributed by atoms with Crippen molar-refractivity contribution in [2.45, 2.75) is 71.1 Å². The first-order chi connectivity index (χ1) is 9.06. The van der Waals surface area contributed by atoms with E-state index in [1.807, 2.05) is 0 Å². The Hall–Kier alpha value is -0.940. The van der Waals surface area contributed by atoms with Crippen molar-refractivity contribution in [3.8, 4) is 0 Å². The van der Waals surface area contributed by atoms with Gasteiger partial charge in [0.2, 0.25) is 5.89 Å². The van der Waals surface area contributed by atoms with E-state index in [9.17, 15) is 5.11 Å². The molecule has 0 saturated carbocycles. The van der Waals surface area contributed by atoms with Gasteiger partial charge in [-0.3, -0.25) is 4.90 Å². The first kappa shape index (κ1) is 14.5. The van der Waals surface area contributed by atoms with Gasteiger partial charge in [0.25, 0.3) is 0 Å². The third-order valence-corrected chi connectivity index (χ3v) is 3.73. The summed E-state index contributed by atoms with van der Waals surface area (Å²) in [5.74, 6) is 1.31. The predicted octanol–water partition coefficient (Wildman–Crippen LogP) is 1.80. The van der Waals surface area contributed by atoms with Crippen molar-refractivity contribution in [1.82, 2.24) is 15.0 Å². The molecule has 0 amide bonds. The van der Waals surface area contributed by atoms with Crippen LogP contribution >= 0.6 is 0 Å². The fourth-order valence-electron chi connectivity index (χ4n) is 2.84. The smallest absolute Gasteiger partial charge is 0.228 e. The Kier molecular flexibility index (Phi) is 4.93. The number of hydrogen-bond acceptors (Lipinski definition) is 5. The molecular weight excluding hydrogens is 242 g/mol. The van der Waals surface area contributed by atoms with Crippen LogP contribution in [-0.4, -0.2) is 44.9 Å². The number of aromatic nitrogens is 2. The molecule has 0 aliphatic carbocycles. The second kappa shape index (κ2) is 6.48. The third-order valence-electron chi connectivity index (χ3n) is 3.73. The first-order valence-corrected chi connectivity index (χ1v) is 7.31. The molecule has 1 aromatic heterocycles. The summed E-state index contributed by atoms with van der Waals surface area (Å²) in [6.45, 7) is 7.38. The molecule has 1 N–H and O–H groups in total. The van der Waals surface area contributed by atoms with Crippen molar-refractivity contribution < 1.29 is 9.63 Å². The molecule has 19 heavy (non-hydrogen) atoms. The lowest BCUT2D eigenvalue weighted by Gasteiger charge is -2.38. The Morgan fingerprint density at radius 1 is 1.37 bits per heavy atom. The van der Waals surface area contributed by atoms with E-state index in [0.717, 1.165) is 13.0 Å². The van der Waals surface area contributed by atoms with E-state index in [4.69, 9.17) is 4.52 Å². The van der Waals surface area contributed by atoms with Crippen LogP contribution in [0.5, 0.6) is 0 Å². The zero-order valence-corrected chi connectivity index (χ0v) is 12.2. The van der Waals surface area contributed by atoms with Crippen LogP contribution in [0.1, 0.15) is 51.7 Å². The van der Waals surface area contributed by atoms with Gasteiger partial charge in [0.15, 0.2) is 5.82 Å². The lowest BCUT2D eigenvalue weighted by atomic mass is 9.98. The van der Waals surface area contributed by atoms with E-state index < -0.39 is 6.10 Å². The number of aliphatic hydroxyl groups excluding tert-OH is 1. The number of rotatable bonds is 5. The van der Waals surface area contributed by atoms with Crippen molar-refractivity contribution in [1.29, 1.82) is 0 Å². The Morgan fingerprint density at radius 3 is 2.84 bits per heavy atom. The summed E-state index contributed by atoms with van der Waals surface area (Å²) < 4.78 is 5.30. The van der Waals surface area contributed by atoms with Crippen LogP contribution in [-0.2, 0) is 12.8 Å². The van der Waals surface area contributed by atoms with Gasteiger partial charge in [0, 0.05) is 24.9 Å².